The van der Waals surface area contributed by atoms with E-state index in [4.69, 9.17) is 9.47 Å². The zero-order valence-corrected chi connectivity index (χ0v) is 28.0. The predicted molar refractivity (Wildman–Crippen MR) is 179 cm³/mol. The van der Waals surface area contributed by atoms with Gasteiger partial charge in [-0.15, -0.1) is 0 Å². The van der Waals surface area contributed by atoms with E-state index in [9.17, 15) is 23.6 Å². The second-order valence-corrected chi connectivity index (χ2v) is 13.0. The third kappa shape index (κ3) is 10.1. The third-order valence-electron chi connectivity index (χ3n) is 8.25. The van der Waals surface area contributed by atoms with Crippen LogP contribution in [0.25, 0.3) is 0 Å². The van der Waals surface area contributed by atoms with E-state index in [1.165, 1.54) is 30.2 Å². The fourth-order valence-electron chi connectivity index (χ4n) is 5.83. The molecule has 256 valence electrons. The molecule has 0 unspecified atom stereocenters. The number of methoxy groups -OCH3 is 1. The molecule has 0 radical (unpaired) electrons. The minimum Gasteiger partial charge on any atom is -0.469 e. The summed E-state index contributed by atoms with van der Waals surface area (Å²) in [6, 6.07) is 23.7. The summed E-state index contributed by atoms with van der Waals surface area (Å²) in [5, 5.41) is 5.58. The van der Waals surface area contributed by atoms with Crippen molar-refractivity contribution < 1.29 is 33.0 Å². The maximum Gasteiger partial charge on any atom is 0.408 e. The Labute approximate surface area is 281 Å². The largest absolute Gasteiger partial charge is 0.469 e. The van der Waals surface area contributed by atoms with Crippen molar-refractivity contribution in [3.8, 4) is 0 Å². The molecule has 0 spiro atoms. The number of likely N-dealkylation sites (tertiary alicyclic amines) is 1. The molecule has 1 heterocycles. The standard InChI is InChI=1S/C37H45FN4O6/c1-36(2,3)48-35(46)40-31(23-32(43)47-4)33(44)42(26-29-16-11-17-30(38)22-29)37(34(45)39-24-27-12-7-5-8-13-27)18-20-41(21-19-37)25-28-14-9-6-10-15-28/h5-17,22,31H,18-21,23-26H2,1-4H3,(H,39,45)(H,40,46)/t31-/m0/s1. The van der Waals surface area contributed by atoms with E-state index in [0.717, 1.165) is 11.1 Å². The number of benzene rings is 3. The van der Waals surface area contributed by atoms with Gasteiger partial charge in [-0.25, -0.2) is 9.18 Å². The molecule has 0 saturated carbocycles. The first-order chi connectivity index (χ1) is 22.9. The molecule has 10 nitrogen and oxygen atoms in total. The van der Waals surface area contributed by atoms with Crippen molar-refractivity contribution in [2.45, 2.75) is 76.8 Å². The summed E-state index contributed by atoms with van der Waals surface area (Å²) >= 11 is 0. The second kappa shape index (κ2) is 16.4. The van der Waals surface area contributed by atoms with Crippen LogP contribution in [0.3, 0.4) is 0 Å². The molecular weight excluding hydrogens is 615 g/mol. The van der Waals surface area contributed by atoms with Crippen LogP contribution in [0.1, 0.15) is 56.7 Å². The van der Waals surface area contributed by atoms with Gasteiger partial charge in [0, 0.05) is 32.7 Å². The number of piperidine rings is 1. The maximum atomic E-state index is 14.7. The summed E-state index contributed by atoms with van der Waals surface area (Å²) in [5.74, 6) is -2.32. The van der Waals surface area contributed by atoms with Crippen LogP contribution in [0.4, 0.5) is 9.18 Å². The second-order valence-electron chi connectivity index (χ2n) is 13.0. The summed E-state index contributed by atoms with van der Waals surface area (Å²) in [6.07, 6.45) is -0.913. The Balaban J connectivity index is 1.73. The Hall–Kier alpha value is -4.77. The van der Waals surface area contributed by atoms with Gasteiger partial charge in [0.15, 0.2) is 0 Å². The number of ether oxygens (including phenoxy) is 2. The van der Waals surface area contributed by atoms with Crippen LogP contribution in [-0.2, 0) is 43.5 Å². The van der Waals surface area contributed by atoms with Crippen molar-refractivity contribution in [1.29, 1.82) is 0 Å². The molecule has 1 saturated heterocycles. The number of carbonyl (C=O) groups excluding carboxylic acids is 4. The maximum absolute atomic E-state index is 14.7. The van der Waals surface area contributed by atoms with Crippen LogP contribution >= 0.6 is 0 Å². The van der Waals surface area contributed by atoms with E-state index in [1.807, 2.05) is 60.7 Å². The highest BCUT2D eigenvalue weighted by Crippen LogP contribution is 2.33. The number of hydrogen-bond donors (Lipinski definition) is 2. The average Bonchev–Trinajstić information content (AvgIpc) is 3.06. The number of nitrogens with zero attached hydrogens (tertiary/aromatic N) is 2. The van der Waals surface area contributed by atoms with Crippen molar-refractivity contribution in [2.24, 2.45) is 0 Å². The van der Waals surface area contributed by atoms with E-state index >= 15 is 0 Å². The van der Waals surface area contributed by atoms with E-state index in [1.54, 1.807) is 26.8 Å². The van der Waals surface area contributed by atoms with Crippen LogP contribution in [0, 0.1) is 5.82 Å². The minimum atomic E-state index is -1.43. The number of alkyl carbamates (subject to hydrolysis) is 1. The number of amides is 3. The van der Waals surface area contributed by atoms with Crippen LogP contribution in [0.5, 0.6) is 0 Å². The smallest absolute Gasteiger partial charge is 0.408 e. The fraction of sp³-hybridized carbons (Fsp3) is 0.405. The zero-order valence-electron chi connectivity index (χ0n) is 28.0. The quantitative estimate of drug-likeness (QED) is 0.264. The molecule has 4 rings (SSSR count). The van der Waals surface area contributed by atoms with E-state index < -0.39 is 47.4 Å². The van der Waals surface area contributed by atoms with Gasteiger partial charge in [-0.05, 0) is 62.4 Å². The van der Waals surface area contributed by atoms with E-state index in [-0.39, 0.29) is 31.8 Å². The van der Waals surface area contributed by atoms with Crippen molar-refractivity contribution in [2.75, 3.05) is 20.2 Å². The molecule has 0 bridgehead atoms. The highest BCUT2D eigenvalue weighted by molar-refractivity contribution is 5.96. The number of halogens is 1. The van der Waals surface area contributed by atoms with Gasteiger partial charge in [0.1, 0.15) is 23.0 Å². The molecule has 1 aliphatic heterocycles. The number of carbonyl (C=O) groups is 4. The lowest BCUT2D eigenvalue weighted by molar-refractivity contribution is -0.156. The molecule has 48 heavy (non-hydrogen) atoms. The first-order valence-corrected chi connectivity index (χ1v) is 16.1. The molecular formula is C37H45FN4O6. The summed E-state index contributed by atoms with van der Waals surface area (Å²) < 4.78 is 24.7. The van der Waals surface area contributed by atoms with Gasteiger partial charge in [-0.1, -0.05) is 72.8 Å². The van der Waals surface area contributed by atoms with Crippen molar-refractivity contribution in [3.05, 3.63) is 107 Å². The van der Waals surface area contributed by atoms with Crippen LogP contribution in [0.2, 0.25) is 0 Å². The number of nitrogens with one attached hydrogen (secondary N) is 2. The minimum absolute atomic E-state index is 0.151. The monoisotopic (exact) mass is 660 g/mol. The topological polar surface area (TPSA) is 117 Å². The molecule has 1 aliphatic rings. The first-order valence-electron chi connectivity index (χ1n) is 16.1. The SMILES string of the molecule is COC(=O)C[C@H](NC(=O)OC(C)(C)C)C(=O)N(Cc1cccc(F)c1)C1(C(=O)NCc2ccccc2)CCN(Cc2ccccc2)CC1. The van der Waals surface area contributed by atoms with Gasteiger partial charge < -0.3 is 25.0 Å². The molecule has 0 aromatic heterocycles. The first kappa shape index (κ1) is 36.1. The Morgan fingerprint density at radius 3 is 2.08 bits per heavy atom. The predicted octanol–water partition coefficient (Wildman–Crippen LogP) is 4.96. The molecule has 1 atom stereocenters. The van der Waals surface area contributed by atoms with E-state index in [0.29, 0.717) is 25.2 Å². The van der Waals surface area contributed by atoms with Crippen LogP contribution < -0.4 is 10.6 Å². The summed E-state index contributed by atoms with van der Waals surface area (Å²) in [7, 11) is 1.18. The molecule has 11 heteroatoms. The lowest BCUT2D eigenvalue weighted by Crippen LogP contribution is -2.66. The number of esters is 1. The average molecular weight is 661 g/mol. The Morgan fingerprint density at radius 2 is 1.50 bits per heavy atom. The van der Waals surface area contributed by atoms with Gasteiger partial charge in [-0.2, -0.15) is 0 Å². The van der Waals surface area contributed by atoms with Gasteiger partial charge in [0.25, 0.3) is 0 Å². The lowest BCUT2D eigenvalue weighted by Gasteiger charge is -2.48. The Morgan fingerprint density at radius 1 is 0.896 bits per heavy atom. The van der Waals surface area contributed by atoms with Crippen molar-refractivity contribution >= 4 is 23.9 Å². The number of rotatable bonds is 12. The fourth-order valence-corrected chi connectivity index (χ4v) is 5.83. The molecule has 3 amide bonds. The Kier molecular flexibility index (Phi) is 12.3. The van der Waals surface area contributed by atoms with Crippen molar-refractivity contribution in [1.82, 2.24) is 20.4 Å². The third-order valence-corrected chi connectivity index (χ3v) is 8.25. The molecule has 1 fully saturated rings. The van der Waals surface area contributed by atoms with Crippen molar-refractivity contribution in [3.63, 3.8) is 0 Å². The highest BCUT2D eigenvalue weighted by atomic mass is 19.1. The van der Waals surface area contributed by atoms with Crippen LogP contribution in [0.15, 0.2) is 84.9 Å². The van der Waals surface area contributed by atoms with Gasteiger partial charge in [0.05, 0.1) is 13.5 Å². The van der Waals surface area contributed by atoms with Crippen LogP contribution in [-0.4, -0.2) is 71.1 Å². The summed E-state index contributed by atoms with van der Waals surface area (Å²) in [6.45, 7) is 6.70. The summed E-state index contributed by atoms with van der Waals surface area (Å²) in [4.78, 5) is 58.3. The lowest BCUT2D eigenvalue weighted by atomic mass is 9.83. The zero-order chi connectivity index (χ0) is 34.7. The van der Waals surface area contributed by atoms with Gasteiger partial charge in [0.2, 0.25) is 11.8 Å². The highest BCUT2D eigenvalue weighted by Gasteiger charge is 2.50. The normalized spacial score (nSPS) is 15.1. The van der Waals surface area contributed by atoms with Gasteiger partial charge >= 0.3 is 12.1 Å². The molecule has 3 aromatic carbocycles. The van der Waals surface area contributed by atoms with Gasteiger partial charge in [-0.3, -0.25) is 19.3 Å². The van der Waals surface area contributed by atoms with E-state index in [2.05, 4.69) is 15.5 Å². The Bertz CT molecular complexity index is 1540. The molecule has 2 N–H and O–H groups in total. The summed E-state index contributed by atoms with van der Waals surface area (Å²) in [5.41, 5.74) is 0.148. The molecule has 3 aromatic rings. The number of hydrogen-bond acceptors (Lipinski definition) is 7. The molecule has 0 aliphatic carbocycles.